The number of ether oxygens (including phenoxy) is 1. The van der Waals surface area contributed by atoms with Crippen LogP contribution in [-0.2, 0) is 11.3 Å². The Balaban J connectivity index is 2.09. The van der Waals surface area contributed by atoms with E-state index in [2.05, 4.69) is 23.8 Å². The second-order valence-corrected chi connectivity index (χ2v) is 4.47. The Morgan fingerprint density at radius 3 is 2.75 bits per heavy atom. The normalized spacial score (nSPS) is 18.2. The fraction of sp³-hybridized carbons (Fsp3) is 0.727. The zero-order valence-electron chi connectivity index (χ0n) is 10.0. The molecule has 0 atom stereocenters. The monoisotopic (exact) mass is 224 g/mol. The molecule has 2 heterocycles. The Kier molecular flexibility index (Phi) is 3.46. The summed E-state index contributed by atoms with van der Waals surface area (Å²) in [5, 5.41) is 4.31. The molecule has 1 fully saturated rings. The first-order valence-electron chi connectivity index (χ1n) is 5.80. The van der Waals surface area contributed by atoms with Crippen molar-refractivity contribution in [2.75, 3.05) is 32.0 Å². The van der Waals surface area contributed by atoms with Gasteiger partial charge in [0.05, 0.1) is 30.8 Å². The predicted octanol–water partition coefficient (Wildman–Crippen LogP) is 0.878. The highest BCUT2D eigenvalue weighted by atomic mass is 16.5. The van der Waals surface area contributed by atoms with Gasteiger partial charge in [0, 0.05) is 25.7 Å². The lowest BCUT2D eigenvalue weighted by atomic mass is 10.3. The van der Waals surface area contributed by atoms with Gasteiger partial charge in [-0.3, -0.25) is 9.58 Å². The van der Waals surface area contributed by atoms with Gasteiger partial charge in [-0.2, -0.15) is 5.10 Å². The molecular weight excluding hydrogens is 204 g/mol. The van der Waals surface area contributed by atoms with Gasteiger partial charge in [-0.15, -0.1) is 0 Å². The summed E-state index contributed by atoms with van der Waals surface area (Å²) in [7, 11) is 0. The quantitative estimate of drug-likeness (QED) is 0.828. The van der Waals surface area contributed by atoms with Gasteiger partial charge < -0.3 is 10.5 Å². The molecule has 0 bridgehead atoms. The summed E-state index contributed by atoms with van der Waals surface area (Å²) in [4.78, 5) is 2.36. The molecule has 2 rings (SSSR count). The number of morpholine rings is 1. The van der Waals surface area contributed by atoms with Crippen LogP contribution in [-0.4, -0.2) is 41.0 Å². The second-order valence-electron chi connectivity index (χ2n) is 4.47. The Bertz CT molecular complexity index is 342. The van der Waals surface area contributed by atoms with Gasteiger partial charge in [0.2, 0.25) is 0 Å². The first kappa shape index (κ1) is 11.4. The van der Waals surface area contributed by atoms with Gasteiger partial charge in [-0.05, 0) is 13.8 Å². The average Bonchev–Trinajstić information content (AvgIpc) is 2.62. The van der Waals surface area contributed by atoms with Gasteiger partial charge in [0.15, 0.2) is 0 Å². The lowest BCUT2D eigenvalue weighted by Crippen LogP contribution is -2.36. The maximum Gasteiger partial charge on any atom is 0.0756 e. The number of nitrogens with zero attached hydrogens (tertiary/aromatic N) is 3. The van der Waals surface area contributed by atoms with E-state index in [0.29, 0.717) is 6.04 Å². The Morgan fingerprint density at radius 2 is 2.12 bits per heavy atom. The lowest BCUT2D eigenvalue weighted by molar-refractivity contribution is 0.0330. The van der Waals surface area contributed by atoms with Crippen LogP contribution in [0, 0.1) is 0 Å². The summed E-state index contributed by atoms with van der Waals surface area (Å²) >= 11 is 0. The van der Waals surface area contributed by atoms with Crippen molar-refractivity contribution in [3.63, 3.8) is 0 Å². The summed E-state index contributed by atoms with van der Waals surface area (Å²) in [6.45, 7) is 8.69. The van der Waals surface area contributed by atoms with Crippen molar-refractivity contribution in [1.29, 1.82) is 0 Å². The molecule has 0 saturated carbocycles. The SMILES string of the molecule is CC(C)n1ncc(N)c1CN1CCOCC1. The summed E-state index contributed by atoms with van der Waals surface area (Å²) in [6.07, 6.45) is 1.75. The molecule has 0 amide bonds. The second kappa shape index (κ2) is 4.84. The minimum Gasteiger partial charge on any atom is -0.396 e. The highest BCUT2D eigenvalue weighted by Crippen LogP contribution is 2.18. The molecule has 1 saturated heterocycles. The van der Waals surface area contributed by atoms with Gasteiger partial charge in [-0.1, -0.05) is 0 Å². The van der Waals surface area contributed by atoms with E-state index >= 15 is 0 Å². The summed E-state index contributed by atoms with van der Waals surface area (Å²) in [5.74, 6) is 0. The molecule has 5 heteroatoms. The van der Waals surface area contributed by atoms with E-state index in [1.165, 1.54) is 0 Å². The van der Waals surface area contributed by atoms with Crippen molar-refractivity contribution in [2.24, 2.45) is 0 Å². The number of anilines is 1. The zero-order chi connectivity index (χ0) is 11.5. The molecule has 0 spiro atoms. The molecule has 1 aliphatic heterocycles. The summed E-state index contributed by atoms with van der Waals surface area (Å²) in [6, 6.07) is 0.355. The van der Waals surface area contributed by atoms with Crippen LogP contribution in [0.15, 0.2) is 6.20 Å². The van der Waals surface area contributed by atoms with Crippen molar-refractivity contribution in [1.82, 2.24) is 14.7 Å². The van der Waals surface area contributed by atoms with E-state index in [4.69, 9.17) is 10.5 Å². The van der Waals surface area contributed by atoms with E-state index in [9.17, 15) is 0 Å². The van der Waals surface area contributed by atoms with Crippen LogP contribution in [0.2, 0.25) is 0 Å². The van der Waals surface area contributed by atoms with Crippen LogP contribution >= 0.6 is 0 Å². The van der Waals surface area contributed by atoms with E-state index in [1.807, 2.05) is 4.68 Å². The zero-order valence-corrected chi connectivity index (χ0v) is 10.0. The number of nitrogens with two attached hydrogens (primary N) is 1. The van der Waals surface area contributed by atoms with Gasteiger partial charge in [0.25, 0.3) is 0 Å². The maximum absolute atomic E-state index is 5.96. The smallest absolute Gasteiger partial charge is 0.0756 e. The largest absolute Gasteiger partial charge is 0.396 e. The summed E-state index contributed by atoms with van der Waals surface area (Å²) < 4.78 is 7.34. The van der Waals surface area contributed by atoms with E-state index < -0.39 is 0 Å². The molecule has 16 heavy (non-hydrogen) atoms. The molecule has 0 aliphatic carbocycles. The van der Waals surface area contributed by atoms with E-state index in [1.54, 1.807) is 6.20 Å². The minimum atomic E-state index is 0.355. The number of rotatable bonds is 3. The molecule has 1 aromatic heterocycles. The topological polar surface area (TPSA) is 56.3 Å². The van der Waals surface area contributed by atoms with Crippen molar-refractivity contribution in [3.8, 4) is 0 Å². The Labute approximate surface area is 96.2 Å². The predicted molar refractivity (Wildman–Crippen MR) is 63.1 cm³/mol. The maximum atomic E-state index is 5.96. The highest BCUT2D eigenvalue weighted by molar-refractivity contribution is 5.41. The molecule has 2 N–H and O–H groups in total. The molecule has 5 nitrogen and oxygen atoms in total. The molecule has 1 aliphatic rings. The standard InChI is InChI=1S/C11H20N4O/c1-9(2)15-11(10(12)7-13-15)8-14-3-5-16-6-4-14/h7,9H,3-6,8,12H2,1-2H3. The van der Waals surface area contributed by atoms with Crippen LogP contribution in [0.4, 0.5) is 5.69 Å². The molecular formula is C11H20N4O. The molecule has 0 radical (unpaired) electrons. The highest BCUT2D eigenvalue weighted by Gasteiger charge is 2.16. The fourth-order valence-electron chi connectivity index (χ4n) is 1.98. The lowest BCUT2D eigenvalue weighted by Gasteiger charge is -2.27. The third-order valence-corrected chi connectivity index (χ3v) is 2.90. The van der Waals surface area contributed by atoms with Crippen molar-refractivity contribution >= 4 is 5.69 Å². The van der Waals surface area contributed by atoms with Crippen LogP contribution < -0.4 is 5.73 Å². The number of nitrogen functional groups attached to an aromatic ring is 1. The van der Waals surface area contributed by atoms with Crippen molar-refractivity contribution in [3.05, 3.63) is 11.9 Å². The average molecular weight is 224 g/mol. The van der Waals surface area contributed by atoms with E-state index in [-0.39, 0.29) is 0 Å². The number of hydrogen-bond acceptors (Lipinski definition) is 4. The molecule has 0 aromatic carbocycles. The van der Waals surface area contributed by atoms with Crippen molar-refractivity contribution in [2.45, 2.75) is 26.4 Å². The van der Waals surface area contributed by atoms with Gasteiger partial charge in [0.1, 0.15) is 0 Å². The van der Waals surface area contributed by atoms with Crippen LogP contribution in [0.25, 0.3) is 0 Å². The number of aromatic nitrogens is 2. The molecule has 1 aromatic rings. The third-order valence-electron chi connectivity index (χ3n) is 2.90. The van der Waals surface area contributed by atoms with Crippen molar-refractivity contribution < 1.29 is 4.74 Å². The van der Waals surface area contributed by atoms with Crippen LogP contribution in [0.5, 0.6) is 0 Å². The van der Waals surface area contributed by atoms with Gasteiger partial charge >= 0.3 is 0 Å². The number of hydrogen-bond donors (Lipinski definition) is 1. The molecule has 0 unspecified atom stereocenters. The molecule has 90 valence electrons. The third kappa shape index (κ3) is 2.36. The van der Waals surface area contributed by atoms with E-state index in [0.717, 1.165) is 44.2 Å². The summed E-state index contributed by atoms with van der Waals surface area (Å²) in [5.41, 5.74) is 7.87. The first-order chi connectivity index (χ1) is 7.68. The van der Waals surface area contributed by atoms with Crippen LogP contribution in [0.1, 0.15) is 25.6 Å². The minimum absolute atomic E-state index is 0.355. The fourth-order valence-corrected chi connectivity index (χ4v) is 1.98. The van der Waals surface area contributed by atoms with Crippen LogP contribution in [0.3, 0.4) is 0 Å². The first-order valence-corrected chi connectivity index (χ1v) is 5.80. The Hall–Kier alpha value is -1.07. The Morgan fingerprint density at radius 1 is 1.44 bits per heavy atom. The van der Waals surface area contributed by atoms with Gasteiger partial charge in [-0.25, -0.2) is 0 Å².